The second kappa shape index (κ2) is 13.1. The first-order chi connectivity index (χ1) is 12.6. The van der Waals surface area contributed by atoms with Gasteiger partial charge in [-0.2, -0.15) is 0 Å². The molecule has 1 fully saturated rings. The van der Waals surface area contributed by atoms with E-state index in [2.05, 4.69) is 31.1 Å². The molecule has 1 aliphatic heterocycles. The molecule has 0 aliphatic carbocycles. The number of halogens is 1. The molecule has 2 heterocycles. The van der Waals surface area contributed by atoms with Gasteiger partial charge < -0.3 is 15.0 Å². The predicted octanol–water partition coefficient (Wildman–Crippen LogP) is 3.82. The second-order valence-electron chi connectivity index (χ2n) is 7.74. The number of hydrogen-bond donors (Lipinski definition) is 1. The van der Waals surface area contributed by atoms with Crippen molar-refractivity contribution in [1.29, 1.82) is 0 Å². The quantitative estimate of drug-likeness (QED) is 0.688. The van der Waals surface area contributed by atoms with E-state index in [1.54, 1.807) is 6.20 Å². The minimum absolute atomic E-state index is 0. The van der Waals surface area contributed by atoms with Gasteiger partial charge >= 0.3 is 0 Å². The summed E-state index contributed by atoms with van der Waals surface area (Å²) in [4.78, 5) is 19.4. The number of carbonyl (C=O) groups is 1. The summed E-state index contributed by atoms with van der Waals surface area (Å²) in [5.41, 5.74) is 0.951. The topological polar surface area (TPSA) is 54.5 Å². The number of nitrogens with one attached hydrogen (secondary N) is 1. The van der Waals surface area contributed by atoms with Crippen LogP contribution in [0.15, 0.2) is 24.4 Å². The molecule has 0 saturated carbocycles. The highest BCUT2D eigenvalue weighted by Gasteiger charge is 2.25. The number of aromatic nitrogens is 1. The molecule has 0 bridgehead atoms. The minimum Gasteiger partial charge on any atom is -0.378 e. The highest BCUT2D eigenvalue weighted by atomic mass is 35.5. The number of ether oxygens (including phenoxy) is 1. The monoisotopic (exact) mass is 397 g/mol. The van der Waals surface area contributed by atoms with Crippen LogP contribution < -0.4 is 5.32 Å². The van der Waals surface area contributed by atoms with Gasteiger partial charge in [0.05, 0.1) is 31.4 Å². The van der Waals surface area contributed by atoms with Gasteiger partial charge in [-0.1, -0.05) is 19.9 Å². The molecule has 1 amide bonds. The normalized spacial score (nSPS) is 18.4. The van der Waals surface area contributed by atoms with Gasteiger partial charge in [0.2, 0.25) is 5.91 Å². The summed E-state index contributed by atoms with van der Waals surface area (Å²) in [6, 6.07) is 6.18. The summed E-state index contributed by atoms with van der Waals surface area (Å²) in [6.45, 7) is 9.57. The van der Waals surface area contributed by atoms with Crippen LogP contribution in [-0.2, 0) is 16.1 Å². The van der Waals surface area contributed by atoms with E-state index < -0.39 is 0 Å². The summed E-state index contributed by atoms with van der Waals surface area (Å²) in [7, 11) is 0. The predicted molar refractivity (Wildman–Crippen MR) is 112 cm³/mol. The van der Waals surface area contributed by atoms with Crippen molar-refractivity contribution < 1.29 is 9.53 Å². The molecule has 1 aliphatic rings. The molecule has 0 spiro atoms. The Kier molecular flexibility index (Phi) is 11.6. The third-order valence-corrected chi connectivity index (χ3v) is 4.89. The molecule has 1 N–H and O–H groups in total. The van der Waals surface area contributed by atoms with Crippen molar-refractivity contribution in [2.75, 3.05) is 19.7 Å². The summed E-state index contributed by atoms with van der Waals surface area (Å²) in [6.07, 6.45) is 6.63. The number of amides is 1. The fourth-order valence-electron chi connectivity index (χ4n) is 3.62. The van der Waals surface area contributed by atoms with E-state index in [4.69, 9.17) is 4.74 Å². The lowest BCUT2D eigenvalue weighted by Crippen LogP contribution is -2.41. The van der Waals surface area contributed by atoms with Crippen molar-refractivity contribution in [2.45, 2.75) is 71.6 Å². The molecule has 154 valence electrons. The maximum Gasteiger partial charge on any atom is 0.225 e. The molecule has 27 heavy (non-hydrogen) atoms. The smallest absolute Gasteiger partial charge is 0.225 e. The maximum atomic E-state index is 13.0. The van der Waals surface area contributed by atoms with Gasteiger partial charge in [-0.15, -0.1) is 12.4 Å². The van der Waals surface area contributed by atoms with Gasteiger partial charge in [0, 0.05) is 12.2 Å². The summed E-state index contributed by atoms with van der Waals surface area (Å²) >= 11 is 0. The first kappa shape index (κ1) is 23.9. The lowest BCUT2D eigenvalue weighted by Gasteiger charge is -2.31. The molecule has 1 saturated heterocycles. The number of hydrogen-bond acceptors (Lipinski definition) is 4. The average molecular weight is 398 g/mol. The third kappa shape index (κ3) is 9.04. The van der Waals surface area contributed by atoms with Crippen LogP contribution in [0.5, 0.6) is 0 Å². The van der Waals surface area contributed by atoms with Crippen LogP contribution in [0.2, 0.25) is 0 Å². The van der Waals surface area contributed by atoms with Crippen molar-refractivity contribution in [1.82, 2.24) is 15.2 Å². The lowest BCUT2D eigenvalue weighted by atomic mass is 10.1. The zero-order valence-electron chi connectivity index (χ0n) is 17.0. The van der Waals surface area contributed by atoms with E-state index in [1.807, 2.05) is 23.1 Å². The van der Waals surface area contributed by atoms with Crippen LogP contribution in [0.4, 0.5) is 0 Å². The summed E-state index contributed by atoms with van der Waals surface area (Å²) < 4.78 is 5.86. The summed E-state index contributed by atoms with van der Waals surface area (Å²) in [5.74, 6) is 0.791. The van der Waals surface area contributed by atoms with E-state index >= 15 is 0 Å². The fourth-order valence-corrected chi connectivity index (χ4v) is 3.62. The van der Waals surface area contributed by atoms with E-state index in [1.165, 1.54) is 0 Å². The van der Waals surface area contributed by atoms with Gasteiger partial charge in [0.1, 0.15) is 0 Å². The Labute approximate surface area is 170 Å². The summed E-state index contributed by atoms with van der Waals surface area (Å²) in [5, 5.41) is 3.43. The minimum atomic E-state index is 0. The standard InChI is InChI=1S/C21H35N3O2.ClH/c1-17(2)15-18(3)26-14-10-21(25)24(16-19-7-4-5-12-23-19)20-8-6-11-22-13-9-20;/h4-5,7,12,17-18,20,22H,6,8-11,13-16H2,1-3H3;1H. The van der Waals surface area contributed by atoms with Crippen molar-refractivity contribution in [3.63, 3.8) is 0 Å². The zero-order valence-corrected chi connectivity index (χ0v) is 17.8. The van der Waals surface area contributed by atoms with Crippen molar-refractivity contribution >= 4 is 18.3 Å². The highest BCUT2D eigenvalue weighted by Crippen LogP contribution is 2.18. The van der Waals surface area contributed by atoms with Crippen LogP contribution in [0.3, 0.4) is 0 Å². The van der Waals surface area contributed by atoms with Crippen molar-refractivity contribution in [3.05, 3.63) is 30.1 Å². The zero-order chi connectivity index (χ0) is 18.8. The Hall–Kier alpha value is -1.17. The Bertz CT molecular complexity index is 519. The molecule has 5 nitrogen and oxygen atoms in total. The maximum absolute atomic E-state index is 13.0. The fraction of sp³-hybridized carbons (Fsp3) is 0.714. The molecule has 1 aromatic heterocycles. The van der Waals surface area contributed by atoms with Crippen molar-refractivity contribution in [2.24, 2.45) is 5.92 Å². The molecular formula is C21H36ClN3O2. The Morgan fingerprint density at radius 2 is 2.11 bits per heavy atom. The van der Waals surface area contributed by atoms with Crippen LogP contribution in [-0.4, -0.2) is 47.6 Å². The van der Waals surface area contributed by atoms with Gasteiger partial charge in [0.25, 0.3) is 0 Å². The Morgan fingerprint density at radius 3 is 2.81 bits per heavy atom. The molecule has 0 radical (unpaired) electrons. The van der Waals surface area contributed by atoms with Crippen molar-refractivity contribution in [3.8, 4) is 0 Å². The van der Waals surface area contributed by atoms with Gasteiger partial charge in [-0.25, -0.2) is 0 Å². The molecular weight excluding hydrogens is 362 g/mol. The molecule has 0 aromatic carbocycles. The largest absolute Gasteiger partial charge is 0.378 e. The average Bonchev–Trinajstić information content (AvgIpc) is 2.89. The molecule has 2 unspecified atom stereocenters. The molecule has 6 heteroatoms. The van der Waals surface area contributed by atoms with Crippen LogP contribution in [0.25, 0.3) is 0 Å². The number of carbonyl (C=O) groups excluding carboxylic acids is 1. The molecule has 1 aromatic rings. The highest BCUT2D eigenvalue weighted by molar-refractivity contribution is 5.85. The number of rotatable bonds is 9. The van der Waals surface area contributed by atoms with E-state index in [-0.39, 0.29) is 30.5 Å². The number of nitrogens with zero attached hydrogens (tertiary/aromatic N) is 2. The van der Waals surface area contributed by atoms with Crippen LogP contribution in [0.1, 0.15) is 58.6 Å². The molecule has 2 atom stereocenters. The number of pyridine rings is 1. The first-order valence-corrected chi connectivity index (χ1v) is 10.1. The van der Waals surface area contributed by atoms with E-state index in [9.17, 15) is 4.79 Å². The first-order valence-electron chi connectivity index (χ1n) is 10.1. The van der Waals surface area contributed by atoms with Crippen LogP contribution >= 0.6 is 12.4 Å². The SMILES string of the molecule is CC(C)CC(C)OCCC(=O)N(Cc1ccccn1)C1CCCNCC1.Cl. The van der Waals surface area contributed by atoms with Gasteiger partial charge in [-0.3, -0.25) is 9.78 Å². The lowest BCUT2D eigenvalue weighted by molar-refractivity contribution is -0.136. The third-order valence-electron chi connectivity index (χ3n) is 4.89. The molecule has 2 rings (SSSR count). The van der Waals surface area contributed by atoms with E-state index in [0.29, 0.717) is 25.5 Å². The van der Waals surface area contributed by atoms with E-state index in [0.717, 1.165) is 44.5 Å². The van der Waals surface area contributed by atoms with Gasteiger partial charge in [-0.05, 0) is 63.7 Å². The van der Waals surface area contributed by atoms with Gasteiger partial charge in [0.15, 0.2) is 0 Å². The Morgan fingerprint density at radius 1 is 1.30 bits per heavy atom. The van der Waals surface area contributed by atoms with Crippen LogP contribution in [0, 0.1) is 5.92 Å². The Balaban J connectivity index is 0.00000364. The second-order valence-corrected chi connectivity index (χ2v) is 7.74.